The lowest BCUT2D eigenvalue weighted by Gasteiger charge is -2.26. The number of nitrogens with one attached hydrogen (secondary N) is 2. The van der Waals surface area contributed by atoms with Crippen LogP contribution in [0.3, 0.4) is 0 Å². The third kappa shape index (κ3) is 3.63. The quantitative estimate of drug-likeness (QED) is 0.614. The van der Waals surface area contributed by atoms with Crippen LogP contribution in [0.2, 0.25) is 0 Å². The summed E-state index contributed by atoms with van der Waals surface area (Å²) in [6, 6.07) is 1.47. The minimum atomic E-state index is -3.70. The molecule has 0 radical (unpaired) electrons. The van der Waals surface area contributed by atoms with Crippen molar-refractivity contribution in [2.45, 2.75) is 11.0 Å². The number of nitrogens with zero attached hydrogens (tertiary/aromatic N) is 1. The molecular formula is C14H21N3O5S2. The van der Waals surface area contributed by atoms with Crippen LogP contribution < -0.4 is 10.6 Å². The number of hydrogen-bond acceptors (Lipinski definition) is 7. The predicted molar refractivity (Wildman–Crippen MR) is 88.6 cm³/mol. The molecule has 3 heterocycles. The lowest BCUT2D eigenvalue weighted by Crippen LogP contribution is -2.41. The first-order chi connectivity index (χ1) is 11.5. The average molecular weight is 375 g/mol. The van der Waals surface area contributed by atoms with Crippen molar-refractivity contribution in [1.82, 2.24) is 14.9 Å². The number of ether oxygens (including phenoxy) is 1. The molecule has 10 heteroatoms. The van der Waals surface area contributed by atoms with Crippen molar-refractivity contribution in [1.29, 1.82) is 0 Å². The summed E-state index contributed by atoms with van der Waals surface area (Å²) in [7, 11) is -3.70. The summed E-state index contributed by atoms with van der Waals surface area (Å²) >= 11 is 1.10. The van der Waals surface area contributed by atoms with Gasteiger partial charge in [0.15, 0.2) is 0 Å². The molecule has 2 aliphatic heterocycles. The summed E-state index contributed by atoms with van der Waals surface area (Å²) in [5.41, 5.74) is 0. The molecule has 1 amide bonds. The molecule has 2 saturated heterocycles. The Morgan fingerprint density at radius 1 is 1.42 bits per heavy atom. The maximum Gasteiger partial charge on any atom is 0.262 e. The van der Waals surface area contributed by atoms with Gasteiger partial charge in [0.05, 0.1) is 19.3 Å². The molecule has 2 fully saturated rings. The van der Waals surface area contributed by atoms with E-state index < -0.39 is 22.0 Å². The number of β-amino-alcohol motifs (C(OH)–C–C–N with tert-alkyl or cyclic N) is 1. The van der Waals surface area contributed by atoms with E-state index in [0.29, 0.717) is 45.9 Å². The molecule has 0 spiro atoms. The fraction of sp³-hybridized carbons (Fsp3) is 0.643. The number of sulfonamides is 1. The van der Waals surface area contributed by atoms with Gasteiger partial charge in [0.2, 0.25) is 10.0 Å². The van der Waals surface area contributed by atoms with Crippen molar-refractivity contribution in [2.75, 3.05) is 45.9 Å². The number of aliphatic hydroxyl groups is 1. The van der Waals surface area contributed by atoms with Gasteiger partial charge in [-0.25, -0.2) is 8.42 Å². The van der Waals surface area contributed by atoms with Gasteiger partial charge < -0.3 is 20.5 Å². The van der Waals surface area contributed by atoms with Gasteiger partial charge in [-0.15, -0.1) is 11.3 Å². The van der Waals surface area contributed by atoms with Crippen LogP contribution in [0.4, 0.5) is 0 Å². The standard InChI is InChI=1S/C14H21N3O5S2/c18-11-9-15-7-10(11)8-16-14(19)13-12(1-6-23-13)24(20,21)17-2-4-22-5-3-17/h1,6,10-11,15,18H,2-5,7-9H2,(H,16,19). The fourth-order valence-corrected chi connectivity index (χ4v) is 5.55. The zero-order valence-corrected chi connectivity index (χ0v) is 14.7. The predicted octanol–water partition coefficient (Wildman–Crippen LogP) is -0.921. The van der Waals surface area contributed by atoms with Crippen LogP contribution in [0.15, 0.2) is 16.3 Å². The normalized spacial score (nSPS) is 25.7. The van der Waals surface area contributed by atoms with Crippen LogP contribution in [-0.4, -0.2) is 75.8 Å². The van der Waals surface area contributed by atoms with Crippen LogP contribution in [0, 0.1) is 5.92 Å². The van der Waals surface area contributed by atoms with E-state index in [1.54, 1.807) is 5.38 Å². The molecule has 3 rings (SSSR count). The van der Waals surface area contributed by atoms with Crippen LogP contribution in [0.1, 0.15) is 9.67 Å². The highest BCUT2D eigenvalue weighted by Crippen LogP contribution is 2.26. The largest absolute Gasteiger partial charge is 0.391 e. The lowest BCUT2D eigenvalue weighted by molar-refractivity contribution is 0.0730. The van der Waals surface area contributed by atoms with Gasteiger partial charge in [0.1, 0.15) is 9.77 Å². The molecule has 134 valence electrons. The minimum absolute atomic E-state index is 0.0389. The van der Waals surface area contributed by atoms with Crippen molar-refractivity contribution in [3.8, 4) is 0 Å². The van der Waals surface area contributed by atoms with Gasteiger partial charge in [-0.2, -0.15) is 4.31 Å². The monoisotopic (exact) mass is 375 g/mol. The Labute approximate surface area is 144 Å². The van der Waals surface area contributed by atoms with Crippen LogP contribution in [0.25, 0.3) is 0 Å². The van der Waals surface area contributed by atoms with E-state index in [-0.39, 0.29) is 15.7 Å². The second-order valence-electron chi connectivity index (χ2n) is 5.83. The van der Waals surface area contributed by atoms with E-state index in [1.165, 1.54) is 10.4 Å². The SMILES string of the molecule is O=C(NCC1CNCC1O)c1sccc1S(=O)(=O)N1CCOCC1. The molecule has 0 saturated carbocycles. The maximum absolute atomic E-state index is 12.7. The Balaban J connectivity index is 1.71. The highest BCUT2D eigenvalue weighted by molar-refractivity contribution is 7.89. The molecule has 8 nitrogen and oxygen atoms in total. The summed E-state index contributed by atoms with van der Waals surface area (Å²) in [5.74, 6) is -0.482. The van der Waals surface area contributed by atoms with Crippen LogP contribution >= 0.6 is 11.3 Å². The first-order valence-electron chi connectivity index (χ1n) is 7.82. The van der Waals surface area contributed by atoms with Crippen molar-refractivity contribution in [2.24, 2.45) is 5.92 Å². The van der Waals surface area contributed by atoms with Crippen molar-refractivity contribution in [3.05, 3.63) is 16.3 Å². The summed E-state index contributed by atoms with van der Waals surface area (Å²) < 4.78 is 32.0. The molecule has 0 aromatic carbocycles. The van der Waals surface area contributed by atoms with Gasteiger partial charge >= 0.3 is 0 Å². The Hall–Kier alpha value is -1.04. The zero-order valence-electron chi connectivity index (χ0n) is 13.1. The van der Waals surface area contributed by atoms with E-state index in [9.17, 15) is 18.3 Å². The van der Waals surface area contributed by atoms with Gasteiger partial charge in [-0.05, 0) is 11.4 Å². The van der Waals surface area contributed by atoms with Crippen LogP contribution in [-0.2, 0) is 14.8 Å². The molecule has 0 bridgehead atoms. The van der Waals surface area contributed by atoms with E-state index in [4.69, 9.17) is 4.74 Å². The maximum atomic E-state index is 12.7. The molecule has 2 atom stereocenters. The van der Waals surface area contributed by atoms with Crippen molar-refractivity contribution in [3.63, 3.8) is 0 Å². The average Bonchev–Trinajstić information content (AvgIpc) is 3.23. The number of carbonyl (C=O) groups is 1. The minimum Gasteiger partial charge on any atom is -0.391 e. The summed E-state index contributed by atoms with van der Waals surface area (Å²) in [4.78, 5) is 12.6. The molecular weight excluding hydrogens is 354 g/mol. The number of aliphatic hydroxyl groups excluding tert-OH is 1. The Morgan fingerprint density at radius 3 is 2.83 bits per heavy atom. The van der Waals surface area contributed by atoms with E-state index in [0.717, 1.165) is 11.3 Å². The fourth-order valence-electron chi connectivity index (χ4n) is 2.82. The van der Waals surface area contributed by atoms with Gasteiger partial charge in [0, 0.05) is 38.6 Å². The smallest absolute Gasteiger partial charge is 0.262 e. The highest BCUT2D eigenvalue weighted by Gasteiger charge is 2.32. The molecule has 24 heavy (non-hydrogen) atoms. The van der Waals surface area contributed by atoms with Crippen molar-refractivity contribution >= 4 is 27.3 Å². The van der Waals surface area contributed by atoms with Gasteiger partial charge in [-0.3, -0.25) is 4.79 Å². The number of hydrogen-bond donors (Lipinski definition) is 3. The molecule has 1 aromatic heterocycles. The molecule has 0 aliphatic carbocycles. The molecule has 2 unspecified atom stereocenters. The first-order valence-corrected chi connectivity index (χ1v) is 10.1. The number of thiophene rings is 1. The highest BCUT2D eigenvalue weighted by atomic mass is 32.2. The van der Waals surface area contributed by atoms with Crippen molar-refractivity contribution < 1.29 is 23.1 Å². The lowest BCUT2D eigenvalue weighted by atomic mass is 10.1. The zero-order chi connectivity index (χ0) is 17.2. The molecule has 3 N–H and O–H groups in total. The second-order valence-corrected chi connectivity index (χ2v) is 8.65. The Morgan fingerprint density at radius 2 is 2.17 bits per heavy atom. The van der Waals surface area contributed by atoms with Gasteiger partial charge in [0.25, 0.3) is 5.91 Å². The Kier molecular flexibility index (Phi) is 5.52. The summed E-state index contributed by atoms with van der Waals surface area (Å²) in [6.45, 7) is 2.75. The number of morpholine rings is 1. The summed E-state index contributed by atoms with van der Waals surface area (Å²) in [6.07, 6.45) is -0.495. The van der Waals surface area contributed by atoms with Gasteiger partial charge in [-0.1, -0.05) is 0 Å². The molecule has 1 aromatic rings. The third-order valence-corrected chi connectivity index (χ3v) is 7.24. The third-order valence-electron chi connectivity index (χ3n) is 4.25. The summed E-state index contributed by atoms with van der Waals surface area (Å²) in [5, 5.41) is 17.1. The number of amides is 1. The first kappa shape index (κ1) is 17.8. The molecule has 2 aliphatic rings. The van der Waals surface area contributed by atoms with E-state index in [2.05, 4.69) is 10.6 Å². The van der Waals surface area contributed by atoms with E-state index in [1.807, 2.05) is 0 Å². The topological polar surface area (TPSA) is 108 Å². The number of carbonyl (C=O) groups excluding carboxylic acids is 1. The number of rotatable bonds is 5. The van der Waals surface area contributed by atoms with E-state index >= 15 is 0 Å². The second kappa shape index (κ2) is 7.46. The Bertz CT molecular complexity index is 684. The van der Waals surface area contributed by atoms with Crippen LogP contribution in [0.5, 0.6) is 0 Å².